The first-order chi connectivity index (χ1) is 21.9. The van der Waals surface area contributed by atoms with Crippen molar-refractivity contribution < 1.29 is 50.2 Å². The molecule has 0 radical (unpaired) electrons. The molecule has 1 atom stereocenters. The average Bonchev–Trinajstić information content (AvgIpc) is 3.54. The number of ether oxygens (including phenoxy) is 3. The highest BCUT2D eigenvalue weighted by atomic mass is 19.4. The summed E-state index contributed by atoms with van der Waals surface area (Å²) in [5.41, 5.74) is -3.58. The molecule has 1 N–H and O–H groups in total. The predicted octanol–water partition coefficient (Wildman–Crippen LogP) is 7.17. The Morgan fingerprint density at radius 1 is 1.06 bits per heavy atom. The maximum absolute atomic E-state index is 14.3. The minimum absolute atomic E-state index is 0.0153. The molecule has 1 aliphatic rings. The van der Waals surface area contributed by atoms with Crippen LogP contribution in [0.15, 0.2) is 46.9 Å². The summed E-state index contributed by atoms with van der Waals surface area (Å²) in [7, 11) is 1.28. The number of oxazole rings is 1. The van der Waals surface area contributed by atoms with Crippen LogP contribution in [-0.4, -0.2) is 51.9 Å². The van der Waals surface area contributed by atoms with Crippen molar-refractivity contribution in [1.29, 1.82) is 0 Å². The van der Waals surface area contributed by atoms with E-state index in [1.165, 1.54) is 36.3 Å². The van der Waals surface area contributed by atoms with Gasteiger partial charge in [-0.25, -0.2) is 23.5 Å². The molecule has 0 unspecified atom stereocenters. The number of benzene rings is 2. The lowest BCUT2D eigenvalue weighted by atomic mass is 10.1. The Kier molecular flexibility index (Phi) is 8.64. The highest BCUT2D eigenvalue weighted by Crippen LogP contribution is 2.42. The highest BCUT2D eigenvalue weighted by molar-refractivity contribution is 5.98. The second-order valence-electron chi connectivity index (χ2n) is 12.2. The van der Waals surface area contributed by atoms with Crippen molar-refractivity contribution in [1.82, 2.24) is 20.2 Å². The summed E-state index contributed by atoms with van der Waals surface area (Å²) in [4.78, 5) is 36.5. The molecule has 1 fully saturated rings. The lowest BCUT2D eigenvalue weighted by molar-refractivity contribution is -0.141. The van der Waals surface area contributed by atoms with Gasteiger partial charge in [0.05, 0.1) is 13.7 Å². The van der Waals surface area contributed by atoms with E-state index in [1.807, 2.05) is 0 Å². The first kappa shape index (κ1) is 33.6. The quantitative estimate of drug-likeness (QED) is 0.216. The van der Waals surface area contributed by atoms with Crippen LogP contribution in [0, 0.1) is 11.6 Å². The van der Waals surface area contributed by atoms with Gasteiger partial charge >= 0.3 is 12.3 Å². The number of carbonyl (C=O) groups excluding carboxylic acids is 2. The fourth-order valence-corrected chi connectivity index (χ4v) is 5.11. The van der Waals surface area contributed by atoms with E-state index in [2.05, 4.69) is 15.3 Å². The van der Waals surface area contributed by atoms with Gasteiger partial charge in [-0.1, -0.05) is 6.07 Å². The van der Waals surface area contributed by atoms with Gasteiger partial charge in [-0.05, 0) is 65.0 Å². The van der Waals surface area contributed by atoms with Crippen LogP contribution in [0.2, 0.25) is 0 Å². The molecule has 4 aromatic rings. The van der Waals surface area contributed by atoms with E-state index in [0.29, 0.717) is 6.07 Å². The summed E-state index contributed by atoms with van der Waals surface area (Å²) in [6.45, 7) is 7.76. The summed E-state index contributed by atoms with van der Waals surface area (Å²) >= 11 is 0. The number of fused-ring (bicyclic) bond motifs is 1. The van der Waals surface area contributed by atoms with E-state index in [4.69, 9.17) is 18.6 Å². The number of pyridine rings is 1. The van der Waals surface area contributed by atoms with E-state index in [0.717, 1.165) is 12.1 Å². The van der Waals surface area contributed by atoms with Gasteiger partial charge < -0.3 is 23.9 Å². The van der Waals surface area contributed by atoms with Crippen LogP contribution in [0.3, 0.4) is 0 Å². The zero-order valence-corrected chi connectivity index (χ0v) is 26.2. The third-order valence-corrected chi connectivity index (χ3v) is 7.26. The fourth-order valence-electron chi connectivity index (χ4n) is 5.11. The number of hydrogen-bond donors (Lipinski definition) is 1. The van der Waals surface area contributed by atoms with Crippen LogP contribution in [0.5, 0.6) is 5.75 Å². The van der Waals surface area contributed by atoms with Gasteiger partial charge in [-0.15, -0.1) is 0 Å². The Bertz CT molecular complexity index is 1850. The number of nitrogens with zero attached hydrogens (tertiary/aromatic N) is 3. The zero-order valence-electron chi connectivity index (χ0n) is 26.2. The monoisotopic (exact) mass is 662 g/mol. The summed E-state index contributed by atoms with van der Waals surface area (Å²) in [6, 6.07) is 6.64. The molecular weight excluding hydrogens is 631 g/mol. The molecule has 250 valence electrons. The first-order valence-corrected chi connectivity index (χ1v) is 14.3. The van der Waals surface area contributed by atoms with E-state index in [1.54, 1.807) is 34.6 Å². The normalized spacial score (nSPS) is 16.4. The molecule has 3 heterocycles. The Hall–Kier alpha value is -4.79. The molecule has 15 heteroatoms. The topological polar surface area (TPSA) is 116 Å². The Labute approximate surface area is 265 Å². The zero-order chi connectivity index (χ0) is 34.5. The molecule has 0 saturated carbocycles. The van der Waals surface area contributed by atoms with E-state index < -0.39 is 52.9 Å². The summed E-state index contributed by atoms with van der Waals surface area (Å²) in [6.07, 6.45) is -5.51. The van der Waals surface area contributed by atoms with Gasteiger partial charge in [-0.2, -0.15) is 13.2 Å². The smallest absolute Gasteiger partial charge is 0.433 e. The number of alkyl halides is 3. The van der Waals surface area contributed by atoms with Crippen LogP contribution < -0.4 is 10.1 Å². The number of nitrogens with one attached hydrogen (secondary N) is 1. The van der Waals surface area contributed by atoms with Crippen LogP contribution >= 0.6 is 0 Å². The van der Waals surface area contributed by atoms with Gasteiger partial charge in [0.2, 0.25) is 5.89 Å². The Morgan fingerprint density at radius 2 is 1.79 bits per heavy atom. The van der Waals surface area contributed by atoms with Crippen molar-refractivity contribution in [3.8, 4) is 17.2 Å². The molecule has 5 rings (SSSR count). The predicted molar refractivity (Wildman–Crippen MR) is 157 cm³/mol. The van der Waals surface area contributed by atoms with Crippen molar-refractivity contribution in [3.05, 3.63) is 76.8 Å². The SMILES string of the molecule is COc1ccc(-c2nc(C(=O)NCc3ccc(F)cc3F)c([C@@H]3COC(C)(C)N3C(=O)OC(C)(C)C)o2)c2ccc(C(F)(F)F)nc12. The molecule has 2 aromatic carbocycles. The highest BCUT2D eigenvalue weighted by Gasteiger charge is 2.49. The standard InChI is InChI=1S/C32H31F5N4O6/c1-30(2,3)47-29(43)41-21(15-45-31(41,4)5)26-25(27(42)38-14-16-7-8-17(33)13-20(16)34)40-28(46-26)19-9-11-22(44-6)24-18(19)10-12-23(39-24)32(35,36)37/h7-13,21H,14-15H2,1-6H3,(H,38,42)/t21-/m0/s1. The number of carbonyl (C=O) groups is 2. The molecule has 1 saturated heterocycles. The van der Waals surface area contributed by atoms with Crippen molar-refractivity contribution in [2.24, 2.45) is 0 Å². The van der Waals surface area contributed by atoms with Gasteiger partial charge in [0, 0.05) is 29.1 Å². The summed E-state index contributed by atoms with van der Waals surface area (Å²) < 4.78 is 91.3. The molecule has 0 spiro atoms. The van der Waals surface area contributed by atoms with E-state index in [-0.39, 0.29) is 58.3 Å². The van der Waals surface area contributed by atoms with Gasteiger partial charge in [-0.3, -0.25) is 9.69 Å². The van der Waals surface area contributed by atoms with Crippen LogP contribution in [0.25, 0.3) is 22.4 Å². The maximum Gasteiger partial charge on any atom is 0.433 e. The maximum atomic E-state index is 14.3. The minimum Gasteiger partial charge on any atom is -0.494 e. The second-order valence-corrected chi connectivity index (χ2v) is 12.2. The first-order valence-electron chi connectivity index (χ1n) is 14.3. The molecule has 0 aliphatic carbocycles. The number of halogens is 5. The summed E-state index contributed by atoms with van der Waals surface area (Å²) in [5, 5.41) is 2.69. The molecule has 2 aromatic heterocycles. The number of aromatic nitrogens is 2. The molecule has 10 nitrogen and oxygen atoms in total. The lowest BCUT2D eigenvalue weighted by Gasteiger charge is -2.34. The van der Waals surface area contributed by atoms with Crippen molar-refractivity contribution >= 4 is 22.9 Å². The molecule has 1 aliphatic heterocycles. The molecule has 47 heavy (non-hydrogen) atoms. The van der Waals surface area contributed by atoms with E-state index >= 15 is 0 Å². The van der Waals surface area contributed by atoms with Crippen molar-refractivity contribution in [2.75, 3.05) is 13.7 Å². The van der Waals surface area contributed by atoms with Gasteiger partial charge in [0.15, 0.2) is 11.5 Å². The molecule has 2 amide bonds. The minimum atomic E-state index is -4.74. The Balaban J connectivity index is 1.64. The number of methoxy groups -OCH3 is 1. The number of amides is 2. The molecule has 0 bridgehead atoms. The van der Waals surface area contributed by atoms with Crippen LogP contribution in [0.4, 0.5) is 26.7 Å². The van der Waals surface area contributed by atoms with Crippen LogP contribution in [0.1, 0.15) is 68.2 Å². The number of rotatable bonds is 6. The van der Waals surface area contributed by atoms with Gasteiger partial charge in [0.25, 0.3) is 5.91 Å². The molecular formula is C32H31F5N4O6. The van der Waals surface area contributed by atoms with Crippen LogP contribution in [-0.2, 0) is 22.2 Å². The second kappa shape index (κ2) is 12.1. The summed E-state index contributed by atoms with van der Waals surface area (Å²) in [5.74, 6) is -2.80. The largest absolute Gasteiger partial charge is 0.494 e. The third-order valence-electron chi connectivity index (χ3n) is 7.26. The van der Waals surface area contributed by atoms with Crippen molar-refractivity contribution in [2.45, 2.75) is 64.7 Å². The average molecular weight is 663 g/mol. The Morgan fingerprint density at radius 3 is 2.43 bits per heavy atom. The van der Waals surface area contributed by atoms with Gasteiger partial charge in [0.1, 0.15) is 46.0 Å². The third kappa shape index (κ3) is 6.84. The van der Waals surface area contributed by atoms with E-state index in [9.17, 15) is 31.5 Å². The fraction of sp³-hybridized carbons (Fsp3) is 0.375. The lowest BCUT2D eigenvalue weighted by Crippen LogP contribution is -2.47. The van der Waals surface area contributed by atoms with Crippen molar-refractivity contribution in [3.63, 3.8) is 0 Å². The number of hydrogen-bond acceptors (Lipinski definition) is 8.